The minimum Gasteiger partial charge on any atom is -0.326 e. The molecule has 1 aliphatic carbocycles. The first-order chi connectivity index (χ1) is 20.0. The van der Waals surface area contributed by atoms with Crippen LogP contribution < -0.4 is 4.90 Å². The molecule has 210 valence electrons. The number of aromatic nitrogens is 1. The summed E-state index contributed by atoms with van der Waals surface area (Å²) in [5.74, 6) is -0.122. The van der Waals surface area contributed by atoms with E-state index in [0.29, 0.717) is 5.56 Å². The van der Waals surface area contributed by atoms with Gasteiger partial charge in [0.05, 0.1) is 17.1 Å². The number of rotatable bonds is 10. The summed E-state index contributed by atoms with van der Waals surface area (Å²) in [4.78, 5) is 31.9. The second-order valence-electron chi connectivity index (χ2n) is 11.5. The first-order valence-electron chi connectivity index (χ1n) is 15.1. The normalized spacial score (nSPS) is 15.8. The van der Waals surface area contributed by atoms with Crippen molar-refractivity contribution in [3.63, 3.8) is 0 Å². The number of hydrogen-bond donors (Lipinski definition) is 0. The van der Waals surface area contributed by atoms with Crippen molar-refractivity contribution < 1.29 is 9.59 Å². The number of fused-ring (bicyclic) bond motifs is 3. The highest BCUT2D eigenvalue weighted by atomic mass is 16.2. The molecule has 41 heavy (non-hydrogen) atoms. The minimum atomic E-state index is -0.282. The fourth-order valence-corrected chi connectivity index (χ4v) is 6.13. The average molecular weight is 546 g/mol. The van der Waals surface area contributed by atoms with Gasteiger partial charge in [-0.2, -0.15) is 0 Å². The van der Waals surface area contributed by atoms with Crippen LogP contribution in [0.4, 0.5) is 5.69 Å². The van der Waals surface area contributed by atoms with E-state index in [1.165, 1.54) is 31.2 Å². The van der Waals surface area contributed by atoms with E-state index >= 15 is 0 Å². The molecule has 5 heteroatoms. The van der Waals surface area contributed by atoms with Crippen LogP contribution in [0.3, 0.4) is 0 Å². The Hall–Kier alpha value is -4.12. The third kappa shape index (κ3) is 5.58. The summed E-state index contributed by atoms with van der Waals surface area (Å²) in [6.07, 6.45) is 9.88. The third-order valence-corrected chi connectivity index (χ3v) is 8.42. The summed E-state index contributed by atoms with van der Waals surface area (Å²) in [6.45, 7) is 4.36. The molecule has 1 unspecified atom stereocenters. The van der Waals surface area contributed by atoms with Crippen LogP contribution >= 0.6 is 0 Å². The van der Waals surface area contributed by atoms with E-state index in [1.807, 2.05) is 46.2 Å². The number of carbonyl (C=O) groups excluding carboxylic acids is 2. The Morgan fingerprint density at radius 1 is 0.854 bits per heavy atom. The molecule has 4 aromatic rings. The van der Waals surface area contributed by atoms with Gasteiger partial charge in [-0.15, -0.1) is 0 Å². The Labute approximate surface area is 243 Å². The Morgan fingerprint density at radius 2 is 1.63 bits per heavy atom. The van der Waals surface area contributed by atoms with Gasteiger partial charge in [-0.3, -0.25) is 14.5 Å². The molecule has 0 N–H and O–H groups in total. The lowest BCUT2D eigenvalue weighted by Gasteiger charge is -2.39. The van der Waals surface area contributed by atoms with Gasteiger partial charge in [0.2, 0.25) is 5.91 Å². The highest BCUT2D eigenvalue weighted by molar-refractivity contribution is 6.03. The van der Waals surface area contributed by atoms with Gasteiger partial charge in [-0.1, -0.05) is 80.3 Å². The Kier molecular flexibility index (Phi) is 7.78. The Morgan fingerprint density at radius 3 is 2.37 bits per heavy atom. The van der Waals surface area contributed by atoms with Crippen LogP contribution in [0, 0.1) is 6.92 Å². The van der Waals surface area contributed by atoms with Crippen LogP contribution in [0.15, 0.2) is 91.1 Å². The molecule has 6 rings (SSSR count). The van der Waals surface area contributed by atoms with Crippen LogP contribution in [-0.2, 0) is 11.2 Å². The third-order valence-electron chi connectivity index (χ3n) is 8.42. The minimum absolute atomic E-state index is 0.0552. The standard InChI is InChI=1S/C36H39N3O2/c1-3-4-5-6-12-27-17-19-28(20-18-27)36(41)38(30-21-22-30)25-34(40)39-32-15-8-7-14-31(32)37-23-10-16-33(37)35(39)29-13-9-11-26(2)24-29/h7-11,13-20,23-24,30,35H,3-6,12,21-22,25H2,1-2H3. The number of benzene rings is 3. The Bertz CT molecular complexity index is 1530. The maximum atomic E-state index is 14.4. The zero-order chi connectivity index (χ0) is 28.3. The molecule has 5 nitrogen and oxygen atoms in total. The van der Waals surface area contributed by atoms with Crippen molar-refractivity contribution >= 4 is 17.5 Å². The van der Waals surface area contributed by atoms with Crippen molar-refractivity contribution in [2.45, 2.75) is 70.9 Å². The summed E-state index contributed by atoms with van der Waals surface area (Å²) in [6, 6.07) is 28.4. The molecular formula is C36H39N3O2. The quantitative estimate of drug-likeness (QED) is 0.192. The number of anilines is 1. The molecule has 2 amide bonds. The molecule has 0 saturated heterocycles. The van der Waals surface area contributed by atoms with Crippen LogP contribution in [0.5, 0.6) is 0 Å². The zero-order valence-electron chi connectivity index (χ0n) is 24.1. The zero-order valence-corrected chi connectivity index (χ0v) is 24.1. The van der Waals surface area contributed by atoms with E-state index < -0.39 is 0 Å². The lowest BCUT2D eigenvalue weighted by molar-refractivity contribution is -0.119. The van der Waals surface area contributed by atoms with E-state index in [4.69, 9.17) is 0 Å². The molecule has 0 spiro atoms. The van der Waals surface area contributed by atoms with Gasteiger partial charge in [-0.25, -0.2) is 0 Å². The molecule has 0 bridgehead atoms. The summed E-state index contributed by atoms with van der Waals surface area (Å²) >= 11 is 0. The van der Waals surface area contributed by atoms with E-state index in [-0.39, 0.29) is 30.4 Å². The monoisotopic (exact) mass is 545 g/mol. The molecule has 1 aromatic heterocycles. The molecule has 2 heterocycles. The predicted octanol–water partition coefficient (Wildman–Crippen LogP) is 7.65. The van der Waals surface area contributed by atoms with Gasteiger partial charge >= 0.3 is 0 Å². The van der Waals surface area contributed by atoms with Gasteiger partial charge in [0.15, 0.2) is 0 Å². The Balaban J connectivity index is 1.29. The SMILES string of the molecule is CCCCCCc1ccc(C(=O)N(CC(=O)N2c3ccccc3-n3cccc3C2c2cccc(C)c2)C2CC2)cc1. The molecule has 1 aliphatic heterocycles. The number of para-hydroxylation sites is 2. The van der Waals surface area contributed by atoms with Crippen LogP contribution in [-0.4, -0.2) is 33.9 Å². The van der Waals surface area contributed by atoms with Crippen LogP contribution in [0.25, 0.3) is 5.69 Å². The number of carbonyl (C=O) groups is 2. The molecule has 0 radical (unpaired) electrons. The first-order valence-corrected chi connectivity index (χ1v) is 15.1. The summed E-state index contributed by atoms with van der Waals surface area (Å²) in [5, 5.41) is 0. The maximum Gasteiger partial charge on any atom is 0.254 e. The van der Waals surface area contributed by atoms with E-state index in [9.17, 15) is 9.59 Å². The average Bonchev–Trinajstić information content (AvgIpc) is 3.72. The van der Waals surface area contributed by atoms with Crippen LogP contribution in [0.2, 0.25) is 0 Å². The van der Waals surface area contributed by atoms with Crippen LogP contribution in [0.1, 0.15) is 84.2 Å². The van der Waals surface area contributed by atoms with Gasteiger partial charge in [0, 0.05) is 17.8 Å². The van der Waals surface area contributed by atoms with Crippen molar-refractivity contribution in [1.82, 2.24) is 9.47 Å². The highest BCUT2D eigenvalue weighted by Gasteiger charge is 2.40. The summed E-state index contributed by atoms with van der Waals surface area (Å²) < 4.78 is 2.18. The number of unbranched alkanes of at least 4 members (excludes halogenated alkanes) is 3. The molecule has 1 atom stereocenters. The smallest absolute Gasteiger partial charge is 0.254 e. The highest BCUT2D eigenvalue weighted by Crippen LogP contribution is 2.42. The summed E-state index contributed by atoms with van der Waals surface area (Å²) in [5.41, 5.74) is 7.02. The van der Waals surface area contributed by atoms with Crippen molar-refractivity contribution in [2.75, 3.05) is 11.4 Å². The van der Waals surface area contributed by atoms with Gasteiger partial charge in [0.1, 0.15) is 12.6 Å². The second-order valence-corrected chi connectivity index (χ2v) is 11.5. The topological polar surface area (TPSA) is 45.6 Å². The maximum absolute atomic E-state index is 14.4. The van der Waals surface area contributed by atoms with E-state index in [0.717, 1.165) is 47.5 Å². The lowest BCUT2D eigenvalue weighted by atomic mass is 9.96. The molecule has 1 saturated carbocycles. The van der Waals surface area contributed by atoms with Gasteiger partial charge in [-0.05, 0) is 80.1 Å². The van der Waals surface area contributed by atoms with Crippen molar-refractivity contribution in [3.05, 3.63) is 119 Å². The number of nitrogens with zero attached hydrogens (tertiary/aromatic N) is 3. The van der Waals surface area contributed by atoms with E-state index in [1.54, 1.807) is 0 Å². The van der Waals surface area contributed by atoms with Crippen molar-refractivity contribution in [3.8, 4) is 5.69 Å². The molecule has 2 aliphatic rings. The summed E-state index contributed by atoms with van der Waals surface area (Å²) in [7, 11) is 0. The largest absolute Gasteiger partial charge is 0.326 e. The second kappa shape index (κ2) is 11.8. The van der Waals surface area contributed by atoms with Crippen molar-refractivity contribution in [2.24, 2.45) is 0 Å². The number of hydrogen-bond acceptors (Lipinski definition) is 2. The number of aryl methyl sites for hydroxylation is 2. The molecular weight excluding hydrogens is 506 g/mol. The van der Waals surface area contributed by atoms with Gasteiger partial charge < -0.3 is 9.47 Å². The van der Waals surface area contributed by atoms with Crippen molar-refractivity contribution in [1.29, 1.82) is 0 Å². The predicted molar refractivity (Wildman–Crippen MR) is 165 cm³/mol. The van der Waals surface area contributed by atoms with E-state index in [2.05, 4.69) is 73.1 Å². The van der Waals surface area contributed by atoms with Gasteiger partial charge in [0.25, 0.3) is 5.91 Å². The fraction of sp³-hybridized carbons (Fsp3) is 0.333. The number of amides is 2. The molecule has 3 aromatic carbocycles. The lowest BCUT2D eigenvalue weighted by Crippen LogP contribution is -2.47. The first kappa shape index (κ1) is 27.1. The molecule has 1 fully saturated rings. The fourth-order valence-electron chi connectivity index (χ4n) is 6.13.